The number of aliphatic imine (C=N–C) groups is 1. The molecule has 2 N–H and O–H groups in total. The molecule has 2 fully saturated rings. The number of likely N-dealkylation sites (tertiary alicyclic amines) is 1. The Hall–Kier alpha value is -2.22. The molecule has 0 aliphatic carbocycles. The number of hydrogen-bond acceptors (Lipinski definition) is 6. The van der Waals surface area contributed by atoms with Gasteiger partial charge in [0.2, 0.25) is 0 Å². The number of nitrogens with zero attached hydrogens (tertiary/aromatic N) is 2. The number of rotatable bonds is 12. The van der Waals surface area contributed by atoms with Crippen molar-refractivity contribution in [1.82, 2.24) is 10.2 Å². The zero-order valence-electron chi connectivity index (χ0n) is 23.6. The average molecular weight is 568 g/mol. The van der Waals surface area contributed by atoms with Crippen LogP contribution in [-0.4, -0.2) is 62.2 Å². The summed E-state index contributed by atoms with van der Waals surface area (Å²) in [5.74, 6) is 1.75. The Balaban J connectivity index is 1.28. The molecular weight excluding hydrogens is 523 g/mol. The third-order valence-corrected chi connectivity index (χ3v) is 8.70. The summed E-state index contributed by atoms with van der Waals surface area (Å²) in [6.45, 7) is 9.13. The summed E-state index contributed by atoms with van der Waals surface area (Å²) in [6, 6.07) is 19.6. The number of piperidine rings is 1. The van der Waals surface area contributed by atoms with Crippen LogP contribution in [0.2, 0.25) is 0 Å². The predicted molar refractivity (Wildman–Crippen MR) is 158 cm³/mol. The van der Waals surface area contributed by atoms with Gasteiger partial charge < -0.3 is 5.32 Å². The summed E-state index contributed by atoms with van der Waals surface area (Å²) in [4.78, 5) is 7.41. The van der Waals surface area contributed by atoms with Crippen molar-refractivity contribution in [2.45, 2.75) is 44.6 Å². The Morgan fingerprint density at radius 3 is 2.38 bits per heavy atom. The van der Waals surface area contributed by atoms with Crippen molar-refractivity contribution in [2.24, 2.45) is 16.8 Å². The standard InChI is InChI=1S/C32H44N4O2.V/c1-25(23-26-9-11-30(33-2)12-10-26)35-32(37-3)29-13-18-36(19-14-29)20-15-31(28-7-5-4-6-8-28)34-24-27-16-21-38-22-17-27;/h4-12,27,29,31,33-34H,1,13-23H2,2-3H3;. The third kappa shape index (κ3) is 9.16. The summed E-state index contributed by atoms with van der Waals surface area (Å²) < 4.78 is 12.7. The second-order valence-electron chi connectivity index (χ2n) is 10.6. The second kappa shape index (κ2) is 15.5. The van der Waals surface area contributed by atoms with Crippen molar-refractivity contribution < 1.29 is 26.5 Å². The van der Waals surface area contributed by atoms with Crippen molar-refractivity contribution in [1.29, 1.82) is 0 Å². The molecule has 2 aromatic rings. The molecule has 2 aliphatic rings. The van der Waals surface area contributed by atoms with Gasteiger partial charge >= 0.3 is 183 Å². The van der Waals surface area contributed by atoms with E-state index >= 15 is 0 Å². The van der Waals surface area contributed by atoms with Crippen LogP contribution in [-0.2, 0) is 32.9 Å². The molecule has 0 aromatic heterocycles. The van der Waals surface area contributed by atoms with Crippen LogP contribution in [0.4, 0.5) is 5.69 Å². The van der Waals surface area contributed by atoms with Gasteiger partial charge in [0.1, 0.15) is 0 Å². The van der Waals surface area contributed by atoms with Crippen molar-refractivity contribution in [3.8, 4) is 0 Å². The zero-order valence-corrected chi connectivity index (χ0v) is 25.0. The van der Waals surface area contributed by atoms with E-state index in [9.17, 15) is 0 Å². The zero-order chi connectivity index (χ0) is 27.5. The molecule has 4 rings (SSSR count). The summed E-state index contributed by atoms with van der Waals surface area (Å²) in [6.07, 6.45) is 6.13. The van der Waals surface area contributed by atoms with Gasteiger partial charge in [-0.15, -0.1) is 0 Å². The maximum atomic E-state index is 5.76. The van der Waals surface area contributed by atoms with Gasteiger partial charge in [0.25, 0.3) is 0 Å². The molecule has 1 atom stereocenters. The fraction of sp³-hybridized carbons (Fsp3) is 0.500. The van der Waals surface area contributed by atoms with Crippen molar-refractivity contribution in [3.05, 3.63) is 78.0 Å². The van der Waals surface area contributed by atoms with Gasteiger partial charge in [0.05, 0.1) is 0 Å². The first-order valence-electron chi connectivity index (χ1n) is 14.3. The van der Waals surface area contributed by atoms with E-state index in [1.165, 1.54) is 15.5 Å². The number of benzene rings is 2. The average Bonchev–Trinajstić information content (AvgIpc) is 2.99. The van der Waals surface area contributed by atoms with Crippen LogP contribution >= 0.6 is 0 Å². The van der Waals surface area contributed by atoms with Crippen LogP contribution < -0.4 is 10.6 Å². The van der Waals surface area contributed by atoms with E-state index in [0.717, 1.165) is 88.7 Å². The molecule has 0 radical (unpaired) electrons. The third-order valence-electron chi connectivity index (χ3n) is 7.93. The Kier molecular flexibility index (Phi) is 11.9. The van der Waals surface area contributed by atoms with Gasteiger partial charge in [0.15, 0.2) is 0 Å². The van der Waals surface area contributed by atoms with Crippen molar-refractivity contribution in [3.63, 3.8) is 0 Å². The van der Waals surface area contributed by atoms with E-state index in [1.54, 1.807) is 7.11 Å². The van der Waals surface area contributed by atoms with Gasteiger partial charge in [0, 0.05) is 19.2 Å². The Labute approximate surface area is 243 Å². The normalized spacial score (nSPS) is 18.4. The van der Waals surface area contributed by atoms with E-state index in [4.69, 9.17) is 14.5 Å². The minimum absolute atomic E-state index is 0.312. The fourth-order valence-electron chi connectivity index (χ4n) is 5.51. The molecule has 6 nitrogen and oxygen atoms in total. The van der Waals surface area contributed by atoms with Gasteiger partial charge in [-0.25, -0.2) is 0 Å². The van der Waals surface area contributed by atoms with E-state index in [0.29, 0.717) is 17.9 Å². The first kappa shape index (κ1) is 29.8. The SMILES string of the molecule is C=C(Cc1ccc(NC)cc1)N=C(OC)C1CCN(CCC(N[C](=[V])C2CCOCC2)c2ccccc2)CC1. The molecule has 7 heteroatoms. The quantitative estimate of drug-likeness (QED) is 0.267. The van der Waals surface area contributed by atoms with E-state index in [-0.39, 0.29) is 0 Å². The van der Waals surface area contributed by atoms with Crippen LogP contribution in [0.1, 0.15) is 49.3 Å². The van der Waals surface area contributed by atoms with Gasteiger partial charge in [-0.05, 0) is 17.7 Å². The van der Waals surface area contributed by atoms with E-state index < -0.39 is 0 Å². The molecule has 0 amide bonds. The molecule has 209 valence electrons. The molecule has 0 saturated carbocycles. The van der Waals surface area contributed by atoms with E-state index in [1.807, 2.05) is 7.05 Å². The first-order valence-corrected chi connectivity index (χ1v) is 15.0. The van der Waals surface area contributed by atoms with Gasteiger partial charge in [-0.3, -0.25) is 0 Å². The number of allylic oxidation sites excluding steroid dienone is 1. The topological polar surface area (TPSA) is 58.1 Å². The molecule has 0 bridgehead atoms. The van der Waals surface area contributed by atoms with Crippen LogP contribution in [0.3, 0.4) is 0 Å². The van der Waals surface area contributed by atoms with E-state index in [2.05, 4.69) is 93.7 Å². The Morgan fingerprint density at radius 2 is 1.74 bits per heavy atom. The van der Waals surface area contributed by atoms with Crippen LogP contribution in [0.5, 0.6) is 0 Å². The van der Waals surface area contributed by atoms with Gasteiger partial charge in [-0.2, -0.15) is 0 Å². The van der Waals surface area contributed by atoms with Crippen LogP contribution in [0.15, 0.2) is 71.9 Å². The summed E-state index contributed by atoms with van der Waals surface area (Å²) >= 11 is 2.81. The fourth-order valence-corrected chi connectivity index (χ4v) is 6.16. The molecule has 39 heavy (non-hydrogen) atoms. The molecular formula is C32H44N4O2V. The van der Waals surface area contributed by atoms with Gasteiger partial charge in [-0.1, -0.05) is 18.7 Å². The summed E-state index contributed by atoms with van der Waals surface area (Å²) in [5.41, 5.74) is 4.52. The minimum atomic E-state index is 0.312. The molecule has 2 saturated heterocycles. The number of nitrogens with one attached hydrogen (secondary N) is 2. The Morgan fingerprint density at radius 1 is 1.05 bits per heavy atom. The number of ether oxygens (including phenoxy) is 2. The van der Waals surface area contributed by atoms with Crippen molar-refractivity contribution in [2.75, 3.05) is 52.3 Å². The first-order chi connectivity index (χ1) is 19.1. The molecule has 1 unspecified atom stereocenters. The second-order valence-corrected chi connectivity index (χ2v) is 11.4. The summed E-state index contributed by atoms with van der Waals surface area (Å²) in [7, 11) is 3.67. The number of methoxy groups -OCH3 is 1. The van der Waals surface area contributed by atoms with Crippen LogP contribution in [0.25, 0.3) is 0 Å². The molecule has 2 aliphatic heterocycles. The molecule has 0 spiro atoms. The molecule has 2 heterocycles. The number of hydrogen-bond donors (Lipinski definition) is 2. The maximum absolute atomic E-state index is 5.76. The van der Waals surface area contributed by atoms with Crippen LogP contribution in [0, 0.1) is 11.8 Å². The monoisotopic (exact) mass is 567 g/mol. The Bertz CT molecular complexity index is 1080. The molecule has 2 aromatic carbocycles. The summed E-state index contributed by atoms with van der Waals surface area (Å²) in [5, 5.41) is 7.04. The van der Waals surface area contributed by atoms with Crippen molar-refractivity contribution >= 4 is 15.9 Å². The number of anilines is 1. The predicted octanol–water partition coefficient (Wildman–Crippen LogP) is 5.37.